The van der Waals surface area contributed by atoms with Gasteiger partial charge in [0.1, 0.15) is 5.82 Å². The molecule has 4 nitrogen and oxygen atoms in total. The molecule has 6 heteroatoms. The van der Waals surface area contributed by atoms with Crippen LogP contribution in [0.2, 0.25) is 0 Å². The van der Waals surface area contributed by atoms with Gasteiger partial charge in [-0.05, 0) is 43.7 Å². The second-order valence-corrected chi connectivity index (χ2v) is 6.87. The van der Waals surface area contributed by atoms with Crippen molar-refractivity contribution >= 4 is 17.8 Å². The van der Waals surface area contributed by atoms with Crippen LogP contribution >= 0.6 is 11.8 Å². The van der Waals surface area contributed by atoms with Crippen LogP contribution in [-0.4, -0.2) is 36.8 Å². The van der Waals surface area contributed by atoms with E-state index in [1.165, 1.54) is 12.1 Å². The maximum absolute atomic E-state index is 12.9. The molecular formula is C16H23FN2O2S. The molecule has 0 aromatic heterocycles. The number of thioether (sulfide) groups is 1. The van der Waals surface area contributed by atoms with E-state index < -0.39 is 0 Å². The molecule has 0 spiro atoms. The third-order valence-electron chi connectivity index (χ3n) is 4.13. The molecule has 2 amide bonds. The van der Waals surface area contributed by atoms with Crippen molar-refractivity contribution in [3.8, 4) is 0 Å². The summed E-state index contributed by atoms with van der Waals surface area (Å²) in [4.78, 5) is 12.1. The lowest BCUT2D eigenvalue weighted by molar-refractivity contribution is 0.0777. The molecule has 122 valence electrons. The summed E-state index contributed by atoms with van der Waals surface area (Å²) in [5, 5.41) is 5.84. The summed E-state index contributed by atoms with van der Waals surface area (Å²) in [5.41, 5.74) is 0.877. The Morgan fingerprint density at radius 2 is 2.00 bits per heavy atom. The molecule has 0 saturated carbocycles. The van der Waals surface area contributed by atoms with E-state index in [4.69, 9.17) is 4.74 Å². The molecule has 0 aliphatic carbocycles. The van der Waals surface area contributed by atoms with E-state index in [2.05, 4.69) is 16.9 Å². The van der Waals surface area contributed by atoms with E-state index in [1.54, 1.807) is 23.9 Å². The molecule has 0 unspecified atom stereocenters. The molecule has 1 heterocycles. The fourth-order valence-electron chi connectivity index (χ4n) is 2.52. The highest BCUT2D eigenvalue weighted by molar-refractivity contribution is 8.00. The molecule has 2 rings (SSSR count). The third kappa shape index (κ3) is 4.61. The van der Waals surface area contributed by atoms with Crippen LogP contribution in [0.5, 0.6) is 0 Å². The number of hydrogen-bond donors (Lipinski definition) is 2. The van der Waals surface area contributed by atoms with Gasteiger partial charge in [0, 0.05) is 24.5 Å². The molecule has 0 radical (unpaired) electrons. The first-order valence-corrected chi connectivity index (χ1v) is 8.70. The highest BCUT2D eigenvalue weighted by Gasteiger charge is 2.32. The lowest BCUT2D eigenvalue weighted by Gasteiger charge is -2.35. The van der Waals surface area contributed by atoms with Crippen LogP contribution in [0.4, 0.5) is 9.18 Å². The van der Waals surface area contributed by atoms with E-state index in [-0.39, 0.29) is 22.6 Å². The number of rotatable bonds is 5. The number of urea groups is 1. The number of carbonyl (C=O) groups is 1. The van der Waals surface area contributed by atoms with Gasteiger partial charge in [-0.15, -0.1) is 0 Å². The van der Waals surface area contributed by atoms with Crippen molar-refractivity contribution in [1.29, 1.82) is 0 Å². The molecule has 1 aromatic rings. The van der Waals surface area contributed by atoms with E-state index >= 15 is 0 Å². The summed E-state index contributed by atoms with van der Waals surface area (Å²) in [7, 11) is 0. The van der Waals surface area contributed by atoms with Gasteiger partial charge in [-0.1, -0.05) is 12.1 Å². The third-order valence-corrected chi connectivity index (χ3v) is 5.54. The number of halogens is 1. The lowest BCUT2D eigenvalue weighted by atomic mass is 9.99. The second kappa shape index (κ2) is 7.83. The van der Waals surface area contributed by atoms with E-state index in [1.807, 2.05) is 6.92 Å². The maximum atomic E-state index is 12.9. The van der Waals surface area contributed by atoms with Gasteiger partial charge in [-0.3, -0.25) is 0 Å². The Hall–Kier alpha value is -1.27. The summed E-state index contributed by atoms with van der Waals surface area (Å²) in [6, 6.07) is 5.80. The monoisotopic (exact) mass is 326 g/mol. The number of benzene rings is 1. The first-order chi connectivity index (χ1) is 10.5. The summed E-state index contributed by atoms with van der Waals surface area (Å²) < 4.78 is 18.4. The van der Waals surface area contributed by atoms with Gasteiger partial charge in [0.2, 0.25) is 0 Å². The Balaban J connectivity index is 1.83. The topological polar surface area (TPSA) is 50.4 Å². The zero-order chi connectivity index (χ0) is 16.0. The summed E-state index contributed by atoms with van der Waals surface area (Å²) in [6.45, 7) is 4.00. The van der Waals surface area contributed by atoms with Gasteiger partial charge < -0.3 is 15.4 Å². The predicted molar refractivity (Wildman–Crippen MR) is 87.6 cm³/mol. The Morgan fingerprint density at radius 3 is 2.59 bits per heavy atom. The van der Waals surface area contributed by atoms with Crippen LogP contribution in [0, 0.1) is 5.82 Å². The zero-order valence-electron chi connectivity index (χ0n) is 13.0. The maximum Gasteiger partial charge on any atom is 0.315 e. The largest absolute Gasteiger partial charge is 0.381 e. The number of nitrogens with one attached hydrogen (secondary N) is 2. The van der Waals surface area contributed by atoms with Gasteiger partial charge in [-0.2, -0.15) is 11.8 Å². The minimum absolute atomic E-state index is 0.0642. The Bertz CT molecular complexity index is 489. The Labute approximate surface area is 135 Å². The SMILES string of the molecule is CSC1(CNC(=O)N[C@@H](C)c2ccc(F)cc2)CCOCC1. The highest BCUT2D eigenvalue weighted by atomic mass is 32.2. The van der Waals surface area contributed by atoms with E-state index in [0.29, 0.717) is 6.54 Å². The first kappa shape index (κ1) is 17.1. The molecule has 1 atom stereocenters. The van der Waals surface area contributed by atoms with Crippen molar-refractivity contribution in [1.82, 2.24) is 10.6 Å². The zero-order valence-corrected chi connectivity index (χ0v) is 13.8. The van der Waals surface area contributed by atoms with Crippen molar-refractivity contribution in [2.75, 3.05) is 26.0 Å². The summed E-state index contributed by atoms with van der Waals surface area (Å²) in [5.74, 6) is -0.276. The molecule has 1 aliphatic rings. The van der Waals surface area contributed by atoms with Gasteiger partial charge >= 0.3 is 6.03 Å². The van der Waals surface area contributed by atoms with Gasteiger partial charge in [0.25, 0.3) is 0 Å². The van der Waals surface area contributed by atoms with Gasteiger partial charge in [0.05, 0.1) is 6.04 Å². The summed E-state index contributed by atoms with van der Waals surface area (Å²) in [6.07, 6.45) is 3.97. The fraction of sp³-hybridized carbons (Fsp3) is 0.562. The summed E-state index contributed by atoms with van der Waals surface area (Å²) >= 11 is 1.79. The van der Waals surface area contributed by atoms with Crippen molar-refractivity contribution < 1.29 is 13.9 Å². The molecule has 0 bridgehead atoms. The minimum Gasteiger partial charge on any atom is -0.381 e. The van der Waals surface area contributed by atoms with Crippen LogP contribution in [0.3, 0.4) is 0 Å². The van der Waals surface area contributed by atoms with Gasteiger partial charge in [0.15, 0.2) is 0 Å². The first-order valence-electron chi connectivity index (χ1n) is 7.47. The average molecular weight is 326 g/mol. The van der Waals surface area contributed by atoms with Crippen LogP contribution in [0.25, 0.3) is 0 Å². The normalized spacial score (nSPS) is 18.5. The quantitative estimate of drug-likeness (QED) is 0.874. The molecule has 1 fully saturated rings. The fourth-order valence-corrected chi connectivity index (χ4v) is 3.31. The second-order valence-electron chi connectivity index (χ2n) is 5.60. The van der Waals surface area contributed by atoms with Crippen LogP contribution in [-0.2, 0) is 4.74 Å². The number of hydrogen-bond acceptors (Lipinski definition) is 3. The lowest BCUT2D eigenvalue weighted by Crippen LogP contribution is -2.47. The number of amides is 2. The Kier molecular flexibility index (Phi) is 6.08. The van der Waals surface area contributed by atoms with Crippen LogP contribution in [0.1, 0.15) is 31.4 Å². The molecule has 1 aromatic carbocycles. The van der Waals surface area contributed by atoms with Crippen molar-refractivity contribution in [2.24, 2.45) is 0 Å². The van der Waals surface area contributed by atoms with Gasteiger partial charge in [-0.25, -0.2) is 9.18 Å². The number of carbonyl (C=O) groups excluding carboxylic acids is 1. The van der Waals surface area contributed by atoms with Crippen molar-refractivity contribution in [2.45, 2.75) is 30.6 Å². The van der Waals surface area contributed by atoms with Crippen LogP contribution < -0.4 is 10.6 Å². The number of ether oxygens (including phenoxy) is 1. The average Bonchev–Trinajstić information content (AvgIpc) is 2.54. The van der Waals surface area contributed by atoms with Crippen molar-refractivity contribution in [3.63, 3.8) is 0 Å². The van der Waals surface area contributed by atoms with Crippen molar-refractivity contribution in [3.05, 3.63) is 35.6 Å². The molecule has 1 saturated heterocycles. The molecular weight excluding hydrogens is 303 g/mol. The standard InChI is InChI=1S/C16H23FN2O2S/c1-12(13-3-5-14(17)6-4-13)19-15(20)18-11-16(22-2)7-9-21-10-8-16/h3-6,12H,7-11H2,1-2H3,(H2,18,19,20)/t12-/m0/s1. The minimum atomic E-state index is -0.276. The van der Waals surface area contributed by atoms with E-state index in [9.17, 15) is 9.18 Å². The van der Waals surface area contributed by atoms with Crippen LogP contribution in [0.15, 0.2) is 24.3 Å². The van der Waals surface area contributed by atoms with E-state index in [0.717, 1.165) is 31.6 Å². The molecule has 1 aliphatic heterocycles. The Morgan fingerprint density at radius 1 is 1.36 bits per heavy atom. The molecule has 2 N–H and O–H groups in total. The molecule has 22 heavy (non-hydrogen) atoms. The predicted octanol–water partition coefficient (Wildman–Crippen LogP) is 3.10. The smallest absolute Gasteiger partial charge is 0.315 e. The highest BCUT2D eigenvalue weighted by Crippen LogP contribution is 2.32.